The quantitative estimate of drug-likeness (QED) is 0.820. The van der Waals surface area contributed by atoms with Crippen LogP contribution in [-0.4, -0.2) is 19.0 Å². The summed E-state index contributed by atoms with van der Waals surface area (Å²) in [6.45, 7) is 7.95. The molecule has 0 bridgehead atoms. The zero-order chi connectivity index (χ0) is 12.4. The molecule has 2 N–H and O–H groups in total. The lowest BCUT2D eigenvalue weighted by molar-refractivity contribution is -0.120. The number of amides is 1. The minimum Gasteiger partial charge on any atom is -0.326 e. The van der Waals surface area contributed by atoms with Crippen LogP contribution in [0.1, 0.15) is 18.1 Å². The average Bonchev–Trinajstić information content (AvgIpc) is 2.71. The number of hydrogen-bond acceptors (Lipinski definition) is 2. The summed E-state index contributed by atoms with van der Waals surface area (Å²) in [5.41, 5.74) is 3.30. The first-order valence-electron chi connectivity index (χ1n) is 6.17. The highest BCUT2D eigenvalue weighted by Gasteiger charge is 2.29. The number of benzene rings is 1. The normalized spacial score (nSPS) is 23.7. The zero-order valence-corrected chi connectivity index (χ0v) is 10.7. The highest BCUT2D eigenvalue weighted by Crippen LogP contribution is 2.22. The van der Waals surface area contributed by atoms with Gasteiger partial charge in [0.2, 0.25) is 5.91 Å². The maximum atomic E-state index is 12.1. The molecule has 1 aromatic carbocycles. The number of rotatable bonds is 2. The van der Waals surface area contributed by atoms with Crippen LogP contribution in [0.4, 0.5) is 5.69 Å². The lowest BCUT2D eigenvalue weighted by Gasteiger charge is -2.16. The zero-order valence-electron chi connectivity index (χ0n) is 10.7. The van der Waals surface area contributed by atoms with Gasteiger partial charge in [-0.05, 0) is 43.5 Å². The monoisotopic (exact) mass is 232 g/mol. The molecule has 2 atom stereocenters. The van der Waals surface area contributed by atoms with Crippen LogP contribution < -0.4 is 10.6 Å². The first-order valence-corrected chi connectivity index (χ1v) is 6.17. The van der Waals surface area contributed by atoms with Crippen molar-refractivity contribution in [3.8, 4) is 0 Å². The third-order valence-corrected chi connectivity index (χ3v) is 3.72. The van der Waals surface area contributed by atoms with Gasteiger partial charge >= 0.3 is 0 Å². The summed E-state index contributed by atoms with van der Waals surface area (Å²) in [4.78, 5) is 12.1. The minimum atomic E-state index is 0.0925. The topological polar surface area (TPSA) is 41.1 Å². The molecule has 1 amide bonds. The third kappa shape index (κ3) is 2.50. The van der Waals surface area contributed by atoms with E-state index in [1.807, 2.05) is 19.1 Å². The number of hydrogen-bond donors (Lipinski definition) is 2. The maximum absolute atomic E-state index is 12.1. The van der Waals surface area contributed by atoms with E-state index in [0.717, 1.165) is 24.3 Å². The van der Waals surface area contributed by atoms with Crippen LogP contribution in [0.25, 0.3) is 0 Å². The Morgan fingerprint density at radius 1 is 1.35 bits per heavy atom. The molecule has 92 valence electrons. The number of carbonyl (C=O) groups excluding carboxylic acids is 1. The Hall–Kier alpha value is -1.35. The van der Waals surface area contributed by atoms with E-state index in [4.69, 9.17) is 0 Å². The van der Waals surface area contributed by atoms with Crippen molar-refractivity contribution in [3.05, 3.63) is 29.3 Å². The van der Waals surface area contributed by atoms with Gasteiger partial charge in [-0.15, -0.1) is 0 Å². The first kappa shape index (κ1) is 12.1. The van der Waals surface area contributed by atoms with Crippen molar-refractivity contribution in [1.82, 2.24) is 5.32 Å². The minimum absolute atomic E-state index is 0.0925. The molecule has 0 unspecified atom stereocenters. The molecular weight excluding hydrogens is 212 g/mol. The molecule has 0 aliphatic carbocycles. The van der Waals surface area contributed by atoms with Gasteiger partial charge in [0.15, 0.2) is 0 Å². The van der Waals surface area contributed by atoms with Gasteiger partial charge in [-0.2, -0.15) is 0 Å². The lowest BCUT2D eigenvalue weighted by atomic mass is 9.97. The van der Waals surface area contributed by atoms with Crippen molar-refractivity contribution >= 4 is 11.6 Å². The van der Waals surface area contributed by atoms with E-state index in [0.29, 0.717) is 5.92 Å². The SMILES string of the molecule is Cc1cccc(NC(=O)[C@@H]2CNC[C@H]2C)c1C. The van der Waals surface area contributed by atoms with E-state index < -0.39 is 0 Å². The molecule has 0 spiro atoms. The van der Waals surface area contributed by atoms with Gasteiger partial charge in [0, 0.05) is 12.2 Å². The summed E-state index contributed by atoms with van der Waals surface area (Å²) >= 11 is 0. The van der Waals surface area contributed by atoms with Crippen LogP contribution in [0.15, 0.2) is 18.2 Å². The highest BCUT2D eigenvalue weighted by atomic mass is 16.1. The van der Waals surface area contributed by atoms with Crippen molar-refractivity contribution in [3.63, 3.8) is 0 Å². The summed E-state index contributed by atoms with van der Waals surface area (Å²) in [6.07, 6.45) is 0. The fourth-order valence-electron chi connectivity index (χ4n) is 2.27. The Kier molecular flexibility index (Phi) is 3.48. The van der Waals surface area contributed by atoms with Crippen LogP contribution in [0, 0.1) is 25.7 Å². The number of nitrogens with one attached hydrogen (secondary N) is 2. The third-order valence-electron chi connectivity index (χ3n) is 3.72. The Morgan fingerprint density at radius 2 is 2.12 bits per heavy atom. The second-order valence-electron chi connectivity index (χ2n) is 4.98. The summed E-state index contributed by atoms with van der Waals surface area (Å²) in [5, 5.41) is 6.30. The first-order chi connectivity index (χ1) is 8.09. The van der Waals surface area contributed by atoms with E-state index in [9.17, 15) is 4.79 Å². The summed E-state index contributed by atoms with van der Waals surface area (Å²) < 4.78 is 0. The van der Waals surface area contributed by atoms with E-state index >= 15 is 0 Å². The predicted molar refractivity (Wildman–Crippen MR) is 70.1 cm³/mol. The van der Waals surface area contributed by atoms with Crippen molar-refractivity contribution in [2.75, 3.05) is 18.4 Å². The van der Waals surface area contributed by atoms with Crippen molar-refractivity contribution < 1.29 is 4.79 Å². The van der Waals surface area contributed by atoms with Gasteiger partial charge in [0.05, 0.1) is 5.92 Å². The summed E-state index contributed by atoms with van der Waals surface area (Å²) in [5.74, 6) is 0.645. The standard InChI is InChI=1S/C14H20N2O/c1-9-5-4-6-13(11(9)3)16-14(17)12-8-15-7-10(12)2/h4-6,10,12,15H,7-8H2,1-3H3,(H,16,17)/t10-,12-/m1/s1. The smallest absolute Gasteiger partial charge is 0.229 e. The van der Waals surface area contributed by atoms with Crippen molar-refractivity contribution in [2.45, 2.75) is 20.8 Å². The molecule has 3 nitrogen and oxygen atoms in total. The molecule has 1 aliphatic rings. The van der Waals surface area contributed by atoms with Gasteiger partial charge in [-0.3, -0.25) is 4.79 Å². The Morgan fingerprint density at radius 3 is 2.76 bits per heavy atom. The summed E-state index contributed by atoms with van der Waals surface area (Å²) in [7, 11) is 0. The van der Waals surface area contributed by atoms with Gasteiger partial charge in [-0.1, -0.05) is 19.1 Å². The van der Waals surface area contributed by atoms with E-state index in [2.05, 4.69) is 30.5 Å². The highest BCUT2D eigenvalue weighted by molar-refractivity contribution is 5.93. The number of aryl methyl sites for hydroxylation is 1. The largest absolute Gasteiger partial charge is 0.326 e. The molecule has 0 saturated carbocycles. The molecule has 1 heterocycles. The van der Waals surface area contributed by atoms with Crippen LogP contribution >= 0.6 is 0 Å². The molecule has 3 heteroatoms. The fraction of sp³-hybridized carbons (Fsp3) is 0.500. The van der Waals surface area contributed by atoms with Crippen LogP contribution in [-0.2, 0) is 4.79 Å². The van der Waals surface area contributed by atoms with Crippen molar-refractivity contribution in [1.29, 1.82) is 0 Å². The fourth-order valence-corrected chi connectivity index (χ4v) is 2.27. The molecule has 1 aromatic rings. The second kappa shape index (κ2) is 4.88. The molecule has 1 aliphatic heterocycles. The van der Waals surface area contributed by atoms with Gasteiger partial charge in [0.25, 0.3) is 0 Å². The lowest BCUT2D eigenvalue weighted by Crippen LogP contribution is -2.28. The molecule has 0 radical (unpaired) electrons. The van der Waals surface area contributed by atoms with Crippen LogP contribution in [0.5, 0.6) is 0 Å². The Balaban J connectivity index is 2.10. The summed E-state index contributed by atoms with van der Waals surface area (Å²) in [6, 6.07) is 6.01. The van der Waals surface area contributed by atoms with Gasteiger partial charge in [-0.25, -0.2) is 0 Å². The molecule has 2 rings (SSSR count). The Labute approximate surface area is 103 Å². The van der Waals surface area contributed by atoms with Crippen LogP contribution in [0.3, 0.4) is 0 Å². The van der Waals surface area contributed by atoms with Gasteiger partial charge < -0.3 is 10.6 Å². The van der Waals surface area contributed by atoms with E-state index in [1.54, 1.807) is 0 Å². The molecule has 1 fully saturated rings. The number of carbonyl (C=O) groups is 1. The number of anilines is 1. The van der Waals surface area contributed by atoms with E-state index in [1.165, 1.54) is 5.56 Å². The maximum Gasteiger partial charge on any atom is 0.229 e. The molecule has 1 saturated heterocycles. The molecule has 0 aromatic heterocycles. The molecular formula is C14H20N2O. The average molecular weight is 232 g/mol. The predicted octanol–water partition coefficient (Wildman–Crippen LogP) is 2.10. The second-order valence-corrected chi connectivity index (χ2v) is 4.98. The van der Waals surface area contributed by atoms with Crippen LogP contribution in [0.2, 0.25) is 0 Å². The Bertz CT molecular complexity index is 428. The molecule has 17 heavy (non-hydrogen) atoms. The van der Waals surface area contributed by atoms with Gasteiger partial charge in [0.1, 0.15) is 0 Å². The van der Waals surface area contributed by atoms with E-state index in [-0.39, 0.29) is 11.8 Å². The van der Waals surface area contributed by atoms with Crippen molar-refractivity contribution in [2.24, 2.45) is 11.8 Å².